The molecule has 11 heteroatoms. The number of hydrazine groups is 1. The van der Waals surface area contributed by atoms with Gasteiger partial charge in [-0.25, -0.2) is 12.7 Å². The van der Waals surface area contributed by atoms with Gasteiger partial charge in [0.1, 0.15) is 0 Å². The second kappa shape index (κ2) is 7.75. The maximum absolute atomic E-state index is 13.0. The van der Waals surface area contributed by atoms with Crippen LogP contribution in [0.3, 0.4) is 0 Å². The molecule has 0 radical (unpaired) electrons. The fourth-order valence-corrected chi connectivity index (χ4v) is 3.21. The first-order chi connectivity index (χ1) is 12.4. The Bertz CT molecular complexity index is 963. The molecule has 6 nitrogen and oxygen atoms in total. The van der Waals surface area contributed by atoms with Crippen LogP contribution in [0.2, 0.25) is 5.02 Å². The summed E-state index contributed by atoms with van der Waals surface area (Å²) in [6.45, 7) is 0. The van der Waals surface area contributed by atoms with E-state index in [1.54, 1.807) is 0 Å². The molecule has 0 saturated heterocycles. The maximum Gasteiger partial charge on any atom is 0.418 e. The van der Waals surface area contributed by atoms with Crippen molar-refractivity contribution in [3.63, 3.8) is 0 Å². The van der Waals surface area contributed by atoms with Crippen molar-refractivity contribution in [3.05, 3.63) is 58.6 Å². The summed E-state index contributed by atoms with van der Waals surface area (Å²) in [7, 11) is -1.18. The van der Waals surface area contributed by atoms with Crippen LogP contribution in [0.15, 0.2) is 47.4 Å². The average molecular weight is 422 g/mol. The molecule has 0 spiro atoms. The SMILES string of the molecule is CN(C)S(=O)(=O)c1ccc(Cl)c(C(=O)NNc2ccccc2C(F)(F)F)c1. The molecule has 0 fully saturated rings. The van der Waals surface area contributed by atoms with Gasteiger partial charge in [-0.05, 0) is 30.3 Å². The molecule has 0 aliphatic rings. The van der Waals surface area contributed by atoms with Gasteiger partial charge in [0, 0.05) is 14.1 Å². The Morgan fingerprint density at radius 2 is 1.74 bits per heavy atom. The third-order valence-corrected chi connectivity index (χ3v) is 5.64. The molecule has 2 aromatic carbocycles. The lowest BCUT2D eigenvalue weighted by Crippen LogP contribution is -2.31. The van der Waals surface area contributed by atoms with Crippen molar-refractivity contribution in [1.29, 1.82) is 0 Å². The zero-order valence-corrected chi connectivity index (χ0v) is 15.7. The van der Waals surface area contributed by atoms with Gasteiger partial charge in [-0.15, -0.1) is 0 Å². The highest BCUT2D eigenvalue weighted by atomic mass is 35.5. The molecule has 0 atom stereocenters. The molecule has 0 heterocycles. The Balaban J connectivity index is 2.28. The summed E-state index contributed by atoms with van der Waals surface area (Å²) < 4.78 is 64.2. The van der Waals surface area contributed by atoms with E-state index in [0.29, 0.717) is 0 Å². The van der Waals surface area contributed by atoms with Crippen molar-refractivity contribution in [2.75, 3.05) is 19.5 Å². The number of carbonyl (C=O) groups excluding carboxylic acids is 1. The van der Waals surface area contributed by atoms with Crippen molar-refractivity contribution in [3.8, 4) is 0 Å². The van der Waals surface area contributed by atoms with Crippen LogP contribution in [0.5, 0.6) is 0 Å². The summed E-state index contributed by atoms with van der Waals surface area (Å²) in [5, 5.41) is -0.0592. The minimum Gasteiger partial charge on any atom is -0.298 e. The number of alkyl halides is 3. The normalized spacial score (nSPS) is 12.1. The van der Waals surface area contributed by atoms with Crippen LogP contribution >= 0.6 is 11.6 Å². The summed E-state index contributed by atoms with van der Waals surface area (Å²) in [6.07, 6.45) is -4.62. The van der Waals surface area contributed by atoms with Gasteiger partial charge in [0.15, 0.2) is 0 Å². The molecule has 2 N–H and O–H groups in total. The topological polar surface area (TPSA) is 78.5 Å². The molecule has 1 amide bonds. The highest BCUT2D eigenvalue weighted by molar-refractivity contribution is 7.89. The largest absolute Gasteiger partial charge is 0.418 e. The van der Waals surface area contributed by atoms with Crippen molar-refractivity contribution in [2.24, 2.45) is 0 Å². The predicted molar refractivity (Wildman–Crippen MR) is 94.9 cm³/mol. The third-order valence-electron chi connectivity index (χ3n) is 3.50. The van der Waals surface area contributed by atoms with Crippen LogP contribution in [0.25, 0.3) is 0 Å². The minimum atomic E-state index is -4.62. The molecule has 27 heavy (non-hydrogen) atoms. The Kier molecular flexibility index (Phi) is 6.03. The first-order valence-electron chi connectivity index (χ1n) is 7.39. The second-order valence-corrected chi connectivity index (χ2v) is 8.11. The number of halogens is 4. The molecule has 146 valence electrons. The van der Waals surface area contributed by atoms with Gasteiger partial charge in [0.2, 0.25) is 10.0 Å². The molecule has 2 rings (SSSR count). The maximum atomic E-state index is 13.0. The summed E-state index contributed by atoms with van der Waals surface area (Å²) in [5.74, 6) is -0.896. The number of amides is 1. The smallest absolute Gasteiger partial charge is 0.298 e. The Morgan fingerprint density at radius 3 is 2.33 bits per heavy atom. The highest BCUT2D eigenvalue weighted by Gasteiger charge is 2.33. The number of sulfonamides is 1. The van der Waals surface area contributed by atoms with Crippen LogP contribution in [0.1, 0.15) is 15.9 Å². The molecule has 0 aromatic heterocycles. The fraction of sp³-hybridized carbons (Fsp3) is 0.188. The first-order valence-corrected chi connectivity index (χ1v) is 9.21. The Labute approximate surface area is 159 Å². The van der Waals surface area contributed by atoms with Crippen molar-refractivity contribution < 1.29 is 26.4 Å². The number of rotatable bonds is 5. The Morgan fingerprint density at radius 1 is 1.11 bits per heavy atom. The summed E-state index contributed by atoms with van der Waals surface area (Å²) in [5.41, 5.74) is 2.73. The van der Waals surface area contributed by atoms with Gasteiger partial charge in [0.05, 0.1) is 26.7 Å². The van der Waals surface area contributed by atoms with Crippen molar-refractivity contribution in [1.82, 2.24) is 9.73 Å². The van der Waals surface area contributed by atoms with Gasteiger partial charge < -0.3 is 0 Å². The van der Waals surface area contributed by atoms with E-state index in [2.05, 4.69) is 10.9 Å². The van der Waals surface area contributed by atoms with Crippen LogP contribution in [-0.4, -0.2) is 32.7 Å². The average Bonchev–Trinajstić information content (AvgIpc) is 2.59. The molecule has 0 bridgehead atoms. The van der Waals surface area contributed by atoms with E-state index in [4.69, 9.17) is 11.6 Å². The van der Waals surface area contributed by atoms with E-state index in [1.165, 1.54) is 38.4 Å². The summed E-state index contributed by atoms with van der Waals surface area (Å²) >= 11 is 5.93. The van der Waals surface area contributed by atoms with Crippen LogP contribution in [-0.2, 0) is 16.2 Å². The predicted octanol–water partition coefficient (Wildman–Crippen LogP) is 3.37. The number of hydrogen-bond acceptors (Lipinski definition) is 4. The molecule has 0 saturated carbocycles. The zero-order valence-electron chi connectivity index (χ0n) is 14.1. The minimum absolute atomic E-state index is 0.0592. The number of nitrogens with zero attached hydrogens (tertiary/aromatic N) is 1. The van der Waals surface area contributed by atoms with E-state index < -0.39 is 27.7 Å². The molecule has 0 aliphatic heterocycles. The number of hydrogen-bond donors (Lipinski definition) is 2. The number of carbonyl (C=O) groups is 1. The van der Waals surface area contributed by atoms with Gasteiger partial charge in [-0.2, -0.15) is 13.2 Å². The molecule has 0 unspecified atom stereocenters. The van der Waals surface area contributed by atoms with Crippen LogP contribution < -0.4 is 10.9 Å². The quantitative estimate of drug-likeness (QED) is 0.725. The number of nitrogens with one attached hydrogen (secondary N) is 2. The van der Waals surface area contributed by atoms with Crippen LogP contribution in [0, 0.1) is 0 Å². The standard InChI is InChI=1S/C16H15ClF3N3O3S/c1-23(2)27(25,26)10-7-8-13(17)11(9-10)15(24)22-21-14-6-4-3-5-12(14)16(18,19)20/h3-9,21H,1-2H3,(H,22,24). The Hall–Kier alpha value is -2.30. The lowest BCUT2D eigenvalue weighted by molar-refractivity contribution is -0.137. The molecule has 2 aromatic rings. The van der Waals surface area contributed by atoms with Gasteiger partial charge in [-0.1, -0.05) is 23.7 Å². The van der Waals surface area contributed by atoms with Crippen molar-refractivity contribution in [2.45, 2.75) is 11.1 Å². The van der Waals surface area contributed by atoms with Crippen LogP contribution in [0.4, 0.5) is 18.9 Å². The highest BCUT2D eigenvalue weighted by Crippen LogP contribution is 2.34. The van der Waals surface area contributed by atoms with Gasteiger partial charge in [0.25, 0.3) is 5.91 Å². The van der Waals surface area contributed by atoms with Gasteiger partial charge >= 0.3 is 6.18 Å². The monoisotopic (exact) mass is 421 g/mol. The zero-order chi connectivity index (χ0) is 20.4. The molecular weight excluding hydrogens is 407 g/mol. The molecular formula is C16H15ClF3N3O3S. The molecule has 0 aliphatic carbocycles. The van der Waals surface area contributed by atoms with E-state index >= 15 is 0 Å². The van der Waals surface area contributed by atoms with E-state index in [0.717, 1.165) is 22.5 Å². The summed E-state index contributed by atoms with van der Waals surface area (Å²) in [4.78, 5) is 12.1. The number of anilines is 1. The number of benzene rings is 2. The summed E-state index contributed by atoms with van der Waals surface area (Å²) in [6, 6.07) is 8.05. The lowest BCUT2D eigenvalue weighted by atomic mass is 10.2. The lowest BCUT2D eigenvalue weighted by Gasteiger charge is -2.16. The van der Waals surface area contributed by atoms with E-state index in [1.807, 2.05) is 0 Å². The fourth-order valence-electron chi connectivity index (χ4n) is 2.08. The second-order valence-electron chi connectivity index (χ2n) is 5.55. The van der Waals surface area contributed by atoms with E-state index in [-0.39, 0.29) is 21.2 Å². The van der Waals surface area contributed by atoms with Crippen molar-refractivity contribution >= 4 is 33.2 Å². The van der Waals surface area contributed by atoms with Gasteiger partial charge in [-0.3, -0.25) is 15.6 Å². The number of para-hydroxylation sites is 1. The first kappa shape index (κ1) is 21.0. The van der Waals surface area contributed by atoms with E-state index in [9.17, 15) is 26.4 Å². The third kappa shape index (κ3) is 4.71.